The number of para-hydroxylation sites is 1. The number of halogens is 6. The zero-order valence-corrected chi connectivity index (χ0v) is 52.3. The third-order valence-electron chi connectivity index (χ3n) is 8.63. The van der Waals surface area contributed by atoms with Crippen LogP contribution >= 0.6 is 51.2 Å². The van der Waals surface area contributed by atoms with Crippen LogP contribution in [0.3, 0.4) is 0 Å². The number of carboxylic acids is 1. The number of aromatic carboxylic acids is 1. The maximum absolute atomic E-state index is 12.3. The molecule has 0 radical (unpaired) electrons. The number of carboxylic acid groups (broad SMARTS) is 1. The van der Waals surface area contributed by atoms with Gasteiger partial charge in [0.1, 0.15) is 28.7 Å². The van der Waals surface area contributed by atoms with Gasteiger partial charge in [-0.1, -0.05) is 58.4 Å². The Bertz CT molecular complexity index is 2270. The van der Waals surface area contributed by atoms with Crippen molar-refractivity contribution in [3.8, 4) is 28.7 Å². The van der Waals surface area contributed by atoms with Crippen LogP contribution in [0, 0.1) is 0 Å². The van der Waals surface area contributed by atoms with Gasteiger partial charge in [-0.15, -0.1) is 0 Å². The molecule has 0 saturated carbocycles. The fourth-order valence-corrected chi connectivity index (χ4v) is 8.03. The van der Waals surface area contributed by atoms with Crippen LogP contribution in [-0.2, 0) is 44.7 Å². The van der Waals surface area contributed by atoms with Crippen molar-refractivity contribution < 1.29 is 145 Å². The average molecular weight is 1210 g/mol. The van der Waals surface area contributed by atoms with Crippen molar-refractivity contribution in [2.45, 2.75) is 22.6 Å². The molecule has 5 aromatic rings. The van der Waals surface area contributed by atoms with E-state index in [-0.39, 0.29) is 82.5 Å². The van der Waals surface area contributed by atoms with Crippen LogP contribution in [0.15, 0.2) is 103 Å². The maximum Gasteiger partial charge on any atom is 1.00 e. The molecule has 25 heteroatoms. The maximum atomic E-state index is 12.3. The van der Waals surface area contributed by atoms with Crippen LogP contribution in [0.2, 0.25) is 0 Å². The molecule has 402 valence electrons. The third-order valence-corrected chi connectivity index (χ3v) is 10.9. The van der Waals surface area contributed by atoms with Gasteiger partial charge in [0, 0.05) is 63.1 Å². The molecule has 0 spiro atoms. The van der Waals surface area contributed by atoms with Crippen LogP contribution in [0.1, 0.15) is 63.7 Å². The van der Waals surface area contributed by atoms with Crippen LogP contribution in [0.5, 0.6) is 28.7 Å². The van der Waals surface area contributed by atoms with Crippen molar-refractivity contribution >= 4 is 87.7 Å². The number of benzene rings is 5. The van der Waals surface area contributed by atoms with E-state index in [0.717, 1.165) is 33.8 Å². The van der Waals surface area contributed by atoms with E-state index < -0.39 is 5.97 Å². The summed E-state index contributed by atoms with van der Waals surface area (Å²) in [7, 11) is 9.56. The smallest absolute Gasteiger partial charge is 0.870 e. The first-order chi connectivity index (χ1) is 34.4. The minimum Gasteiger partial charge on any atom is -0.870 e. The van der Waals surface area contributed by atoms with Crippen molar-refractivity contribution in [3.63, 3.8) is 0 Å². The number of ether oxygens (including phenoxy) is 7. The Balaban J connectivity index is -0.000000198. The van der Waals surface area contributed by atoms with E-state index in [1.165, 1.54) is 14.2 Å². The molecule has 0 unspecified atom stereocenters. The predicted octanol–water partition coefficient (Wildman–Crippen LogP) is 7.02. The van der Waals surface area contributed by atoms with Gasteiger partial charge in [-0.05, 0) is 79.4 Å². The number of carbonyl (C=O) groups excluding carboxylic acids is 3. The molecule has 13 nitrogen and oxygen atoms in total. The first-order valence-corrected chi connectivity index (χ1v) is 26.0. The molecule has 0 aromatic heterocycles. The predicted molar refractivity (Wildman–Crippen MR) is 284 cm³/mol. The topological polar surface area (TPSA) is 183 Å². The zero-order valence-electron chi connectivity index (χ0n) is 43.4. The summed E-state index contributed by atoms with van der Waals surface area (Å²) in [5.41, 5.74) is 5.27. The standard InChI is InChI=1S/C16H16O3S.C11H14O3S.C10H11BrO3.C10H12O3S.CH3F.CH4S.2F2.2Na.H2O/c1-18-15-10-6-9-13(14(15)11-20-2)16(17)19-12-7-4-3-5-8-12;1-13-10-6-4-5-8(11(12)14-2)9(10)7-15-3;1-13-9-5-3-4-7(8(9)6-11)10(12)14-2;1-13-9-5-3-4-7(10(11)12)8(9)6-14-2;4*1-2;;;/h3-10H,11H2,1-2H3;4-6H,7H2,1-3H3;3-5H,6H2,1-2H3;3-5H,6H2,1-2H3,(H,11,12);1H3;2H,1H3;;;;;1H2/q;;;;;;;;2*+1;/p-2. The molecular formula is C49H60BrF5Na2O13S4. The van der Waals surface area contributed by atoms with Crippen LogP contribution in [0.4, 0.5) is 22.7 Å². The van der Waals surface area contributed by atoms with Crippen molar-refractivity contribution in [1.82, 2.24) is 0 Å². The summed E-state index contributed by atoms with van der Waals surface area (Å²) < 4.78 is 77.0. The summed E-state index contributed by atoms with van der Waals surface area (Å²) in [6.07, 6.45) is 7.48. The first-order valence-electron chi connectivity index (χ1n) is 19.9. The second-order valence-electron chi connectivity index (χ2n) is 12.4. The molecule has 74 heavy (non-hydrogen) atoms. The fourth-order valence-electron chi connectivity index (χ4n) is 5.69. The van der Waals surface area contributed by atoms with Gasteiger partial charge in [0.25, 0.3) is 0 Å². The van der Waals surface area contributed by atoms with Crippen molar-refractivity contribution in [3.05, 3.63) is 148 Å². The van der Waals surface area contributed by atoms with E-state index in [9.17, 15) is 23.6 Å². The second kappa shape index (κ2) is 53.1. The number of hydrogen-bond donors (Lipinski definition) is 1. The number of rotatable bonds is 16. The first kappa shape index (κ1) is 82.0. The van der Waals surface area contributed by atoms with E-state index in [1.54, 1.807) is 137 Å². The largest absolute Gasteiger partial charge is 1.00 e. The molecule has 0 heterocycles. The summed E-state index contributed by atoms with van der Waals surface area (Å²) >= 11 is 12.2. The van der Waals surface area contributed by atoms with Gasteiger partial charge in [-0.3, -0.25) is 4.39 Å². The Morgan fingerprint density at radius 3 is 1.05 bits per heavy atom. The minimum atomic E-state index is -0.909. The summed E-state index contributed by atoms with van der Waals surface area (Å²) in [6, 6.07) is 30.2. The van der Waals surface area contributed by atoms with E-state index in [0.29, 0.717) is 69.3 Å². The molecule has 0 bridgehead atoms. The summed E-state index contributed by atoms with van der Waals surface area (Å²) in [6.45, 7) is 0. The molecule has 0 fully saturated rings. The van der Waals surface area contributed by atoms with Crippen molar-refractivity contribution in [2.75, 3.05) is 74.9 Å². The Morgan fingerprint density at radius 2 is 0.770 bits per heavy atom. The Kier molecular flexibility index (Phi) is 58.8. The van der Waals surface area contributed by atoms with Gasteiger partial charge >= 0.3 is 83.0 Å². The summed E-state index contributed by atoms with van der Waals surface area (Å²) in [5.74, 6) is 3.43. The van der Waals surface area contributed by atoms with Gasteiger partial charge in [0.15, 0.2) is 0 Å². The quantitative estimate of drug-likeness (QED) is 0.0266. The number of esters is 3. The second-order valence-corrected chi connectivity index (χ2v) is 15.5. The van der Waals surface area contributed by atoms with Crippen molar-refractivity contribution in [1.29, 1.82) is 0 Å². The molecule has 0 atom stereocenters. The molecule has 2 N–H and O–H groups in total. The Labute approximate surface area is 501 Å². The van der Waals surface area contributed by atoms with Gasteiger partial charge in [0.05, 0.1) is 72.1 Å². The zero-order chi connectivity index (χ0) is 54.7. The monoisotopic (exact) mass is 1200 g/mol. The van der Waals surface area contributed by atoms with E-state index >= 15 is 0 Å². The van der Waals surface area contributed by atoms with Gasteiger partial charge < -0.3 is 56.4 Å². The Hall–Kier alpha value is -3.33. The Morgan fingerprint density at radius 1 is 0.486 bits per heavy atom. The van der Waals surface area contributed by atoms with Crippen LogP contribution in [0.25, 0.3) is 0 Å². The van der Waals surface area contributed by atoms with Gasteiger partial charge in [-0.25, -0.2) is 19.2 Å². The van der Waals surface area contributed by atoms with Crippen molar-refractivity contribution in [2.24, 2.45) is 0 Å². The number of alkyl halides is 2. The molecule has 0 aliphatic rings. The molecule has 0 saturated heterocycles. The number of methoxy groups -OCH3 is 6. The normalized spacial score (nSPS) is 8.73. The van der Waals surface area contributed by atoms with Gasteiger partial charge in [0.2, 0.25) is 0 Å². The van der Waals surface area contributed by atoms with E-state index in [4.69, 9.17) is 51.8 Å². The summed E-state index contributed by atoms with van der Waals surface area (Å²) in [5, 5.41) is 9.50. The molecule has 0 aliphatic carbocycles. The van der Waals surface area contributed by atoms with E-state index in [2.05, 4.69) is 33.3 Å². The van der Waals surface area contributed by atoms with Crippen LogP contribution in [-0.4, -0.2) is 109 Å². The number of thioether (sulfide) groups is 3. The third kappa shape index (κ3) is 29.3. The minimum absolute atomic E-state index is 0. The SMILES string of the molecule is CF.COC(=O)c1cccc(OC)c1CBr.COC(=O)c1cccc(OC)c1CSC.COc1cccc(C(=O)O)c1CSC.COc1cccc(C(=O)Oc2ccccc2)c1CSC.C[S-].FF.FF.[Na+].[Na+].[OH-]. The molecule has 0 aliphatic heterocycles. The average Bonchev–Trinajstić information content (AvgIpc) is 3.43. The van der Waals surface area contributed by atoms with Gasteiger partial charge in [-0.2, -0.15) is 41.5 Å². The number of carbonyl (C=O) groups is 4. The fraction of sp³-hybridized carbons (Fsp3) is 0.306. The number of hydrogen-bond acceptors (Lipinski definition) is 16. The molecule has 0 amide bonds. The molecule has 5 rings (SSSR count). The summed E-state index contributed by atoms with van der Waals surface area (Å²) in [4.78, 5) is 46.0. The van der Waals surface area contributed by atoms with Crippen LogP contribution < -0.4 is 82.8 Å². The van der Waals surface area contributed by atoms with E-state index in [1.807, 2.05) is 55.2 Å². The molecular weight excluding hydrogens is 1150 g/mol. The molecule has 5 aromatic carbocycles.